The van der Waals surface area contributed by atoms with E-state index in [1.807, 2.05) is 13.0 Å². The average Bonchev–Trinajstić information content (AvgIpc) is 3.06. The van der Waals surface area contributed by atoms with E-state index in [9.17, 15) is 19.8 Å². The molecule has 0 aromatic heterocycles. The minimum absolute atomic E-state index is 0.0254. The summed E-state index contributed by atoms with van der Waals surface area (Å²) in [5.41, 5.74) is 2.43. The lowest BCUT2D eigenvalue weighted by Crippen LogP contribution is -2.29. The van der Waals surface area contributed by atoms with Gasteiger partial charge >= 0.3 is 0 Å². The number of carbonyl (C=O) groups excluding carboxylic acids is 2. The summed E-state index contributed by atoms with van der Waals surface area (Å²) in [5.74, 6) is -1.15. The molecule has 32 heavy (non-hydrogen) atoms. The maximum atomic E-state index is 13.1. The molecule has 4 rings (SSSR count). The second kappa shape index (κ2) is 8.51. The van der Waals surface area contributed by atoms with E-state index < -0.39 is 17.7 Å². The first kappa shape index (κ1) is 21.6. The van der Waals surface area contributed by atoms with E-state index in [1.165, 1.54) is 24.1 Å². The summed E-state index contributed by atoms with van der Waals surface area (Å²) in [6, 6.07) is 17.3. The molecule has 0 bridgehead atoms. The predicted octanol–water partition coefficient (Wildman–Crippen LogP) is 5.10. The molecule has 0 saturated carbocycles. The lowest BCUT2D eigenvalue weighted by Gasteiger charge is -2.26. The van der Waals surface area contributed by atoms with Crippen LogP contribution in [0.3, 0.4) is 0 Å². The predicted molar refractivity (Wildman–Crippen MR) is 125 cm³/mol. The van der Waals surface area contributed by atoms with Crippen LogP contribution in [0.25, 0.3) is 5.76 Å². The van der Waals surface area contributed by atoms with Crippen LogP contribution in [-0.2, 0) is 9.59 Å². The number of Topliss-reactive ketones (excluding diaryl/α,β-unsaturated/α-hetero) is 1. The fraction of sp³-hybridized carbons (Fsp3) is 0.120. The normalized spacial score (nSPS) is 17.6. The molecule has 1 aliphatic heterocycles. The summed E-state index contributed by atoms with van der Waals surface area (Å²) < 4.78 is 5.94. The third kappa shape index (κ3) is 3.76. The lowest BCUT2D eigenvalue weighted by atomic mass is 9.95. The standard InChI is InChI=1S/C25H20BrNO5/c1-14-3-8-17(13-20(14)26)27-22(15-4-9-18(28)10-5-15)21(24(30)25(27)31)23(29)16-6-11-19(32-2)12-7-16/h3-13,22,28-29H,1-2H3/t22-/m1/s1. The van der Waals surface area contributed by atoms with Gasteiger partial charge in [-0.1, -0.05) is 34.1 Å². The number of nitrogens with zero attached hydrogens (tertiary/aromatic N) is 1. The first-order valence-electron chi connectivity index (χ1n) is 9.82. The Hall–Kier alpha value is -3.58. The molecule has 0 aliphatic carbocycles. The number of hydrogen-bond donors (Lipinski definition) is 2. The molecule has 1 amide bonds. The van der Waals surface area contributed by atoms with Gasteiger partial charge in [-0.05, 0) is 66.6 Å². The van der Waals surface area contributed by atoms with Gasteiger partial charge in [0.2, 0.25) is 0 Å². The van der Waals surface area contributed by atoms with Crippen LogP contribution in [0.5, 0.6) is 11.5 Å². The highest BCUT2D eigenvalue weighted by Crippen LogP contribution is 2.43. The molecular weight excluding hydrogens is 474 g/mol. The third-order valence-electron chi connectivity index (χ3n) is 5.45. The summed E-state index contributed by atoms with van der Waals surface area (Å²) in [5, 5.41) is 20.8. The molecular formula is C25H20BrNO5. The van der Waals surface area contributed by atoms with Crippen molar-refractivity contribution in [3.8, 4) is 11.5 Å². The number of aliphatic hydroxyl groups excluding tert-OH is 1. The zero-order valence-corrected chi connectivity index (χ0v) is 19.0. The van der Waals surface area contributed by atoms with E-state index in [-0.39, 0.29) is 17.1 Å². The number of ketones is 1. The fourth-order valence-electron chi connectivity index (χ4n) is 3.71. The van der Waals surface area contributed by atoms with E-state index in [2.05, 4.69) is 15.9 Å². The molecule has 6 nitrogen and oxygen atoms in total. The number of rotatable bonds is 4. The number of halogens is 1. The van der Waals surface area contributed by atoms with Gasteiger partial charge in [-0.2, -0.15) is 0 Å². The second-order valence-corrected chi connectivity index (χ2v) is 8.28. The molecule has 0 spiro atoms. The minimum atomic E-state index is -0.868. The number of aromatic hydroxyl groups is 1. The van der Waals surface area contributed by atoms with Crippen LogP contribution in [-0.4, -0.2) is 29.0 Å². The van der Waals surface area contributed by atoms with Crippen LogP contribution in [0.4, 0.5) is 5.69 Å². The highest BCUT2D eigenvalue weighted by atomic mass is 79.9. The number of aliphatic hydroxyl groups is 1. The van der Waals surface area contributed by atoms with Crippen molar-refractivity contribution in [1.29, 1.82) is 0 Å². The van der Waals surface area contributed by atoms with Gasteiger partial charge in [0.25, 0.3) is 11.7 Å². The topological polar surface area (TPSA) is 87.1 Å². The summed E-state index contributed by atoms with van der Waals surface area (Å²) in [4.78, 5) is 27.6. The van der Waals surface area contributed by atoms with Gasteiger partial charge in [-0.15, -0.1) is 0 Å². The van der Waals surface area contributed by atoms with Crippen LogP contribution >= 0.6 is 15.9 Å². The molecule has 1 atom stereocenters. The number of phenols is 1. The second-order valence-electron chi connectivity index (χ2n) is 7.42. The average molecular weight is 494 g/mol. The molecule has 1 fully saturated rings. The van der Waals surface area contributed by atoms with Crippen molar-refractivity contribution < 1.29 is 24.5 Å². The number of anilines is 1. The first-order valence-corrected chi connectivity index (χ1v) is 10.6. The molecule has 0 radical (unpaired) electrons. The van der Waals surface area contributed by atoms with Crippen LogP contribution in [0, 0.1) is 6.92 Å². The number of carbonyl (C=O) groups is 2. The summed E-state index contributed by atoms with van der Waals surface area (Å²) in [6.07, 6.45) is 0. The molecule has 2 N–H and O–H groups in total. The summed E-state index contributed by atoms with van der Waals surface area (Å²) in [7, 11) is 1.53. The Morgan fingerprint density at radius 1 is 1.00 bits per heavy atom. The van der Waals surface area contributed by atoms with Crippen LogP contribution in [0.2, 0.25) is 0 Å². The van der Waals surface area contributed by atoms with Gasteiger partial charge in [-0.25, -0.2) is 0 Å². The Balaban J connectivity index is 1.92. The number of hydrogen-bond acceptors (Lipinski definition) is 5. The number of benzene rings is 3. The van der Waals surface area contributed by atoms with E-state index in [4.69, 9.17) is 4.74 Å². The largest absolute Gasteiger partial charge is 0.508 e. The van der Waals surface area contributed by atoms with Crippen LogP contribution in [0.15, 0.2) is 76.8 Å². The Morgan fingerprint density at radius 2 is 1.66 bits per heavy atom. The smallest absolute Gasteiger partial charge is 0.300 e. The summed E-state index contributed by atoms with van der Waals surface area (Å²) in [6.45, 7) is 1.92. The van der Waals surface area contributed by atoms with Gasteiger partial charge in [0.15, 0.2) is 0 Å². The number of phenolic OH excluding ortho intramolecular Hbond substituents is 1. The van der Waals surface area contributed by atoms with E-state index in [1.54, 1.807) is 48.5 Å². The Labute approximate surface area is 193 Å². The fourth-order valence-corrected chi connectivity index (χ4v) is 4.07. The van der Waals surface area contributed by atoms with Gasteiger partial charge < -0.3 is 14.9 Å². The van der Waals surface area contributed by atoms with E-state index >= 15 is 0 Å². The molecule has 7 heteroatoms. The van der Waals surface area contributed by atoms with Gasteiger partial charge in [-0.3, -0.25) is 14.5 Å². The monoisotopic (exact) mass is 493 g/mol. The van der Waals surface area contributed by atoms with Crippen molar-refractivity contribution in [2.45, 2.75) is 13.0 Å². The maximum absolute atomic E-state index is 13.1. The van der Waals surface area contributed by atoms with E-state index in [0.717, 1.165) is 10.0 Å². The first-order chi connectivity index (χ1) is 15.3. The maximum Gasteiger partial charge on any atom is 0.300 e. The molecule has 0 unspecified atom stereocenters. The van der Waals surface area contributed by atoms with Crippen molar-refractivity contribution in [3.05, 3.63) is 93.5 Å². The number of methoxy groups -OCH3 is 1. The number of amides is 1. The van der Waals surface area contributed by atoms with Gasteiger partial charge in [0, 0.05) is 15.7 Å². The molecule has 1 aliphatic rings. The number of ether oxygens (including phenoxy) is 1. The molecule has 3 aromatic carbocycles. The van der Waals surface area contributed by atoms with Crippen molar-refractivity contribution in [3.63, 3.8) is 0 Å². The lowest BCUT2D eigenvalue weighted by molar-refractivity contribution is -0.132. The van der Waals surface area contributed by atoms with Crippen LogP contribution < -0.4 is 9.64 Å². The Bertz CT molecular complexity index is 1230. The molecule has 1 heterocycles. The summed E-state index contributed by atoms with van der Waals surface area (Å²) >= 11 is 3.48. The SMILES string of the molecule is COc1ccc(C(O)=C2C(=O)C(=O)N(c3ccc(C)c(Br)c3)[C@@H]2c2ccc(O)cc2)cc1. The van der Waals surface area contributed by atoms with Gasteiger partial charge in [0.05, 0.1) is 18.7 Å². The van der Waals surface area contributed by atoms with Crippen molar-refractivity contribution in [2.75, 3.05) is 12.0 Å². The zero-order chi connectivity index (χ0) is 23.0. The molecule has 1 saturated heterocycles. The number of aryl methyl sites for hydroxylation is 1. The Morgan fingerprint density at radius 3 is 2.25 bits per heavy atom. The highest BCUT2D eigenvalue weighted by Gasteiger charge is 2.47. The van der Waals surface area contributed by atoms with Crippen molar-refractivity contribution in [2.24, 2.45) is 0 Å². The zero-order valence-electron chi connectivity index (χ0n) is 17.4. The van der Waals surface area contributed by atoms with Crippen molar-refractivity contribution in [1.82, 2.24) is 0 Å². The Kier molecular flexibility index (Phi) is 5.76. The van der Waals surface area contributed by atoms with Crippen LogP contribution in [0.1, 0.15) is 22.7 Å². The van der Waals surface area contributed by atoms with Crippen molar-refractivity contribution >= 4 is 39.1 Å². The molecule has 3 aromatic rings. The minimum Gasteiger partial charge on any atom is -0.508 e. The molecule has 162 valence electrons. The quantitative estimate of drug-likeness (QED) is 0.300. The van der Waals surface area contributed by atoms with E-state index in [0.29, 0.717) is 22.6 Å². The third-order valence-corrected chi connectivity index (χ3v) is 6.30. The van der Waals surface area contributed by atoms with Gasteiger partial charge in [0.1, 0.15) is 17.3 Å². The highest BCUT2D eigenvalue weighted by molar-refractivity contribution is 9.10.